The standard InChI is InChI=1S/C26H23NO5/c1-16-12-13-21(32-3)20(14-16)24(28)22-23(17-8-7-11-19(15-17)31-2)27(26(30)25(22)29)18-9-5-4-6-10-18/h4-15,23,28H,1-3H3/b24-22+. The molecule has 1 amide bonds. The SMILES string of the molecule is COc1cccc(C2/C(=C(\O)c3cc(C)ccc3OC)C(=O)C(=O)N2c2ccccc2)c1. The van der Waals surface area contributed by atoms with E-state index in [0.717, 1.165) is 5.56 Å². The Morgan fingerprint density at radius 3 is 2.34 bits per heavy atom. The number of amides is 1. The second kappa shape index (κ2) is 8.59. The zero-order valence-corrected chi connectivity index (χ0v) is 18.0. The summed E-state index contributed by atoms with van der Waals surface area (Å²) in [6, 6.07) is 20.5. The van der Waals surface area contributed by atoms with Gasteiger partial charge in [-0.1, -0.05) is 42.0 Å². The third-order valence-corrected chi connectivity index (χ3v) is 5.50. The Morgan fingerprint density at radius 2 is 1.66 bits per heavy atom. The molecule has 0 bridgehead atoms. The number of carbonyl (C=O) groups is 2. The van der Waals surface area contributed by atoms with Crippen molar-refractivity contribution in [3.05, 3.63) is 95.1 Å². The summed E-state index contributed by atoms with van der Waals surface area (Å²) < 4.78 is 10.8. The predicted molar refractivity (Wildman–Crippen MR) is 122 cm³/mol. The lowest BCUT2D eigenvalue weighted by Crippen LogP contribution is -2.29. The van der Waals surface area contributed by atoms with Crippen LogP contribution >= 0.6 is 0 Å². The Morgan fingerprint density at radius 1 is 0.906 bits per heavy atom. The number of Topliss-reactive ketones (excluding diaryl/α,β-unsaturated/α-hetero) is 1. The molecule has 0 saturated carbocycles. The van der Waals surface area contributed by atoms with Gasteiger partial charge >= 0.3 is 0 Å². The maximum absolute atomic E-state index is 13.2. The van der Waals surface area contributed by atoms with Gasteiger partial charge < -0.3 is 14.6 Å². The minimum atomic E-state index is -0.835. The summed E-state index contributed by atoms with van der Waals surface area (Å²) in [5, 5.41) is 11.3. The van der Waals surface area contributed by atoms with E-state index in [9.17, 15) is 14.7 Å². The smallest absolute Gasteiger partial charge is 0.300 e. The summed E-state index contributed by atoms with van der Waals surface area (Å²) in [6.45, 7) is 1.87. The zero-order chi connectivity index (χ0) is 22.8. The average molecular weight is 429 g/mol. The lowest BCUT2D eigenvalue weighted by atomic mass is 9.94. The number of rotatable bonds is 5. The fraction of sp³-hybridized carbons (Fsp3) is 0.154. The van der Waals surface area contributed by atoms with Gasteiger partial charge in [-0.3, -0.25) is 14.5 Å². The number of anilines is 1. The molecule has 3 aromatic carbocycles. The van der Waals surface area contributed by atoms with Gasteiger partial charge in [0.25, 0.3) is 11.7 Å². The number of methoxy groups -OCH3 is 2. The number of nitrogens with zero attached hydrogens (tertiary/aromatic N) is 1. The van der Waals surface area contributed by atoms with Gasteiger partial charge in [-0.2, -0.15) is 0 Å². The number of ketones is 1. The van der Waals surface area contributed by atoms with E-state index < -0.39 is 17.7 Å². The van der Waals surface area contributed by atoms with Crippen LogP contribution in [0, 0.1) is 6.92 Å². The summed E-state index contributed by atoms with van der Waals surface area (Å²) in [7, 11) is 3.04. The van der Waals surface area contributed by atoms with Crippen molar-refractivity contribution in [3.8, 4) is 11.5 Å². The van der Waals surface area contributed by atoms with E-state index in [-0.39, 0.29) is 11.3 Å². The Hall–Kier alpha value is -4.06. The van der Waals surface area contributed by atoms with Gasteiger partial charge in [0.05, 0.1) is 31.4 Å². The second-order valence-corrected chi connectivity index (χ2v) is 7.48. The molecule has 1 aliphatic rings. The maximum atomic E-state index is 13.2. The van der Waals surface area contributed by atoms with E-state index >= 15 is 0 Å². The number of ether oxygens (including phenoxy) is 2. The Bertz CT molecular complexity index is 1220. The maximum Gasteiger partial charge on any atom is 0.300 e. The van der Waals surface area contributed by atoms with Gasteiger partial charge in [-0.25, -0.2) is 0 Å². The third kappa shape index (κ3) is 3.60. The number of aryl methyl sites for hydroxylation is 1. The van der Waals surface area contributed by atoms with Crippen molar-refractivity contribution in [1.29, 1.82) is 0 Å². The minimum Gasteiger partial charge on any atom is -0.507 e. The summed E-state index contributed by atoms with van der Waals surface area (Å²) in [5.41, 5.74) is 2.42. The highest BCUT2D eigenvalue weighted by atomic mass is 16.5. The second-order valence-electron chi connectivity index (χ2n) is 7.48. The first-order valence-corrected chi connectivity index (χ1v) is 10.1. The molecule has 1 N–H and O–H groups in total. The van der Waals surface area contributed by atoms with Crippen LogP contribution in [0.25, 0.3) is 5.76 Å². The molecule has 0 radical (unpaired) electrons. The number of para-hydroxylation sites is 1. The lowest BCUT2D eigenvalue weighted by molar-refractivity contribution is -0.132. The Kier molecular flexibility index (Phi) is 5.69. The quantitative estimate of drug-likeness (QED) is 0.363. The number of hydrogen-bond acceptors (Lipinski definition) is 5. The largest absolute Gasteiger partial charge is 0.507 e. The molecule has 6 heteroatoms. The topological polar surface area (TPSA) is 76.1 Å². The van der Waals surface area contributed by atoms with Crippen LogP contribution in [0.3, 0.4) is 0 Å². The molecule has 32 heavy (non-hydrogen) atoms. The number of hydrogen-bond donors (Lipinski definition) is 1. The van der Waals surface area contributed by atoms with E-state index in [1.807, 2.05) is 19.1 Å². The first-order chi connectivity index (χ1) is 15.5. The first kappa shape index (κ1) is 21.2. The van der Waals surface area contributed by atoms with Crippen molar-refractivity contribution in [3.63, 3.8) is 0 Å². The lowest BCUT2D eigenvalue weighted by Gasteiger charge is -2.25. The van der Waals surface area contributed by atoms with Crippen LogP contribution in [0.5, 0.6) is 11.5 Å². The minimum absolute atomic E-state index is 0.00370. The van der Waals surface area contributed by atoms with Crippen LogP contribution in [-0.2, 0) is 9.59 Å². The molecule has 6 nitrogen and oxygen atoms in total. The van der Waals surface area contributed by atoms with Gasteiger partial charge in [0.2, 0.25) is 0 Å². The van der Waals surface area contributed by atoms with Crippen molar-refractivity contribution in [2.24, 2.45) is 0 Å². The van der Waals surface area contributed by atoms with Crippen LogP contribution in [0.4, 0.5) is 5.69 Å². The van der Waals surface area contributed by atoms with Crippen molar-refractivity contribution in [1.82, 2.24) is 0 Å². The highest BCUT2D eigenvalue weighted by Crippen LogP contribution is 2.43. The molecule has 1 unspecified atom stereocenters. The molecule has 162 valence electrons. The predicted octanol–water partition coefficient (Wildman–Crippen LogP) is 4.64. The highest BCUT2D eigenvalue weighted by molar-refractivity contribution is 6.51. The first-order valence-electron chi connectivity index (χ1n) is 10.1. The van der Waals surface area contributed by atoms with E-state index in [4.69, 9.17) is 9.47 Å². The summed E-state index contributed by atoms with van der Waals surface area (Å²) in [5.74, 6) is -0.771. The van der Waals surface area contributed by atoms with E-state index in [1.165, 1.54) is 12.0 Å². The molecule has 0 aliphatic carbocycles. The summed E-state index contributed by atoms with van der Waals surface area (Å²) in [4.78, 5) is 27.8. The van der Waals surface area contributed by atoms with Crippen molar-refractivity contribution in [2.75, 3.05) is 19.1 Å². The molecule has 1 saturated heterocycles. The molecule has 0 aromatic heterocycles. The summed E-state index contributed by atoms with van der Waals surface area (Å²) in [6.07, 6.45) is 0. The van der Waals surface area contributed by atoms with Crippen LogP contribution < -0.4 is 14.4 Å². The van der Waals surface area contributed by atoms with Crippen molar-refractivity contribution < 1.29 is 24.2 Å². The van der Waals surface area contributed by atoms with E-state index in [1.54, 1.807) is 67.8 Å². The molecule has 4 rings (SSSR count). The molecular formula is C26H23NO5. The van der Waals surface area contributed by atoms with Crippen LogP contribution in [-0.4, -0.2) is 31.0 Å². The van der Waals surface area contributed by atoms with Gasteiger partial charge in [0, 0.05) is 5.69 Å². The van der Waals surface area contributed by atoms with Crippen LogP contribution in [0.1, 0.15) is 22.7 Å². The molecule has 1 fully saturated rings. The average Bonchev–Trinajstić information content (AvgIpc) is 3.09. The molecular weight excluding hydrogens is 406 g/mol. The molecule has 1 heterocycles. The summed E-state index contributed by atoms with van der Waals surface area (Å²) >= 11 is 0. The highest BCUT2D eigenvalue weighted by Gasteiger charge is 2.47. The fourth-order valence-electron chi connectivity index (χ4n) is 3.97. The fourth-order valence-corrected chi connectivity index (χ4v) is 3.97. The third-order valence-electron chi connectivity index (χ3n) is 5.50. The van der Waals surface area contributed by atoms with Crippen molar-refractivity contribution >= 4 is 23.1 Å². The number of aliphatic hydroxyl groups excluding tert-OH is 1. The number of aliphatic hydroxyl groups is 1. The Balaban J connectivity index is 1.99. The number of carbonyl (C=O) groups excluding carboxylic acids is 2. The van der Waals surface area contributed by atoms with Crippen LogP contribution in [0.2, 0.25) is 0 Å². The van der Waals surface area contributed by atoms with E-state index in [2.05, 4.69) is 0 Å². The van der Waals surface area contributed by atoms with Gasteiger partial charge in [-0.05, 0) is 48.9 Å². The molecule has 3 aromatic rings. The number of benzene rings is 3. The normalized spacial score (nSPS) is 17.5. The monoisotopic (exact) mass is 429 g/mol. The van der Waals surface area contributed by atoms with Gasteiger partial charge in [0.1, 0.15) is 17.3 Å². The molecule has 1 aliphatic heterocycles. The van der Waals surface area contributed by atoms with Crippen LogP contribution in [0.15, 0.2) is 78.4 Å². The Labute approximate surface area is 186 Å². The van der Waals surface area contributed by atoms with Crippen molar-refractivity contribution in [2.45, 2.75) is 13.0 Å². The molecule has 1 atom stereocenters. The zero-order valence-electron chi connectivity index (χ0n) is 18.0. The van der Waals surface area contributed by atoms with E-state index in [0.29, 0.717) is 28.3 Å². The molecule has 0 spiro atoms. The van der Waals surface area contributed by atoms with Gasteiger partial charge in [0.15, 0.2) is 0 Å². The van der Waals surface area contributed by atoms with Gasteiger partial charge in [-0.15, -0.1) is 0 Å².